The van der Waals surface area contributed by atoms with Crippen LogP contribution in [0.2, 0.25) is 0 Å². The number of hydrogen-bond donors (Lipinski definition) is 1. The first-order valence-corrected chi connectivity index (χ1v) is 8.12. The largest absolute Gasteiger partial charge is 0.338 e. The van der Waals surface area contributed by atoms with Gasteiger partial charge in [-0.05, 0) is 46.5 Å². The van der Waals surface area contributed by atoms with E-state index in [4.69, 9.17) is 4.98 Å². The van der Waals surface area contributed by atoms with Crippen molar-refractivity contribution in [3.05, 3.63) is 17.5 Å². The van der Waals surface area contributed by atoms with Crippen LogP contribution in [-0.4, -0.2) is 28.1 Å². The fourth-order valence-electron chi connectivity index (χ4n) is 2.89. The van der Waals surface area contributed by atoms with E-state index in [0.29, 0.717) is 12.0 Å². The highest BCUT2D eigenvalue weighted by atomic mass is 15.3. The Morgan fingerprint density at radius 2 is 2.10 bits per heavy atom. The molecule has 4 nitrogen and oxygen atoms in total. The van der Waals surface area contributed by atoms with Gasteiger partial charge in [-0.1, -0.05) is 13.8 Å². The second kappa shape index (κ2) is 6.30. The van der Waals surface area contributed by atoms with E-state index in [9.17, 15) is 0 Å². The van der Waals surface area contributed by atoms with Crippen LogP contribution >= 0.6 is 0 Å². The van der Waals surface area contributed by atoms with Gasteiger partial charge in [0.2, 0.25) is 5.95 Å². The van der Waals surface area contributed by atoms with Gasteiger partial charge >= 0.3 is 0 Å². The summed E-state index contributed by atoms with van der Waals surface area (Å²) in [4.78, 5) is 11.8. The Hall–Kier alpha value is -1.16. The van der Waals surface area contributed by atoms with Crippen molar-refractivity contribution in [1.29, 1.82) is 0 Å². The van der Waals surface area contributed by atoms with Crippen LogP contribution in [0.25, 0.3) is 0 Å². The highest BCUT2D eigenvalue weighted by Gasteiger charge is 2.29. The summed E-state index contributed by atoms with van der Waals surface area (Å²) < 4.78 is 0. The third-order valence-electron chi connectivity index (χ3n) is 4.20. The first-order valence-electron chi connectivity index (χ1n) is 8.12. The molecule has 2 rings (SSSR count). The van der Waals surface area contributed by atoms with E-state index in [1.54, 1.807) is 0 Å². The second-order valence-electron chi connectivity index (χ2n) is 7.53. The fraction of sp³-hybridized carbons (Fsp3) is 0.765. The highest BCUT2D eigenvalue weighted by Crippen LogP contribution is 2.27. The van der Waals surface area contributed by atoms with Crippen molar-refractivity contribution in [3.63, 3.8) is 0 Å². The van der Waals surface area contributed by atoms with Crippen molar-refractivity contribution in [1.82, 2.24) is 15.3 Å². The van der Waals surface area contributed by atoms with Crippen LogP contribution in [-0.2, 0) is 6.54 Å². The van der Waals surface area contributed by atoms with Gasteiger partial charge in [0.05, 0.1) is 0 Å². The lowest BCUT2D eigenvalue weighted by Gasteiger charge is -2.28. The van der Waals surface area contributed by atoms with E-state index in [1.165, 1.54) is 18.4 Å². The molecule has 118 valence electrons. The quantitative estimate of drug-likeness (QED) is 0.924. The predicted molar refractivity (Wildman–Crippen MR) is 88.6 cm³/mol. The van der Waals surface area contributed by atoms with Crippen LogP contribution in [0.5, 0.6) is 0 Å². The zero-order valence-corrected chi connectivity index (χ0v) is 14.4. The minimum atomic E-state index is 0.114. The molecule has 1 aromatic heterocycles. The topological polar surface area (TPSA) is 41.1 Å². The number of nitrogens with zero attached hydrogens (tertiary/aromatic N) is 3. The van der Waals surface area contributed by atoms with Gasteiger partial charge in [0.15, 0.2) is 0 Å². The normalized spacial score (nSPS) is 19.6. The van der Waals surface area contributed by atoms with Crippen molar-refractivity contribution >= 4 is 5.95 Å². The molecule has 0 aromatic carbocycles. The number of anilines is 1. The molecule has 2 heterocycles. The Bertz CT molecular complexity index is 476. The smallest absolute Gasteiger partial charge is 0.225 e. The Balaban J connectivity index is 2.11. The molecule has 0 amide bonds. The molecule has 21 heavy (non-hydrogen) atoms. The summed E-state index contributed by atoms with van der Waals surface area (Å²) >= 11 is 0. The predicted octanol–water partition coefficient (Wildman–Crippen LogP) is 3.30. The second-order valence-corrected chi connectivity index (χ2v) is 7.53. The summed E-state index contributed by atoms with van der Waals surface area (Å²) in [6, 6.07) is 0.586. The van der Waals surface area contributed by atoms with Gasteiger partial charge in [-0.25, -0.2) is 9.97 Å². The average molecular weight is 290 g/mol. The molecular weight excluding hydrogens is 260 g/mol. The molecule has 1 unspecified atom stereocenters. The molecule has 4 heteroatoms. The van der Waals surface area contributed by atoms with Gasteiger partial charge in [0, 0.05) is 42.1 Å². The minimum Gasteiger partial charge on any atom is -0.338 e. The molecule has 1 N–H and O–H groups in total. The lowest BCUT2D eigenvalue weighted by atomic mass is 10.0. The van der Waals surface area contributed by atoms with E-state index in [2.05, 4.69) is 56.7 Å². The van der Waals surface area contributed by atoms with E-state index in [-0.39, 0.29) is 5.54 Å². The lowest BCUT2D eigenvalue weighted by molar-refractivity contribution is 0.423. The first kappa shape index (κ1) is 16.2. The molecule has 0 spiro atoms. The van der Waals surface area contributed by atoms with E-state index in [1.807, 2.05) is 6.20 Å². The van der Waals surface area contributed by atoms with Crippen LogP contribution in [0.1, 0.15) is 58.7 Å². The summed E-state index contributed by atoms with van der Waals surface area (Å²) in [5.41, 5.74) is 2.39. The zero-order valence-electron chi connectivity index (χ0n) is 14.4. The average Bonchev–Trinajstić information content (AvgIpc) is 2.85. The highest BCUT2D eigenvalue weighted by molar-refractivity contribution is 5.36. The zero-order chi connectivity index (χ0) is 15.6. The third kappa shape index (κ3) is 4.16. The van der Waals surface area contributed by atoms with Gasteiger partial charge in [0.1, 0.15) is 0 Å². The molecule has 0 radical (unpaired) electrons. The van der Waals surface area contributed by atoms with Crippen LogP contribution in [0.3, 0.4) is 0 Å². The van der Waals surface area contributed by atoms with Gasteiger partial charge in [-0.3, -0.25) is 0 Å². The summed E-state index contributed by atoms with van der Waals surface area (Å²) in [5.74, 6) is 1.56. The Kier molecular flexibility index (Phi) is 4.87. The molecule has 1 aromatic rings. The lowest BCUT2D eigenvalue weighted by Crippen LogP contribution is -2.36. The SMILES string of the molecule is Cc1nc(N2CCCC2C(C)C)ncc1CNC(C)(C)C. The molecule has 0 bridgehead atoms. The molecule has 0 saturated carbocycles. The Labute approximate surface area is 129 Å². The maximum absolute atomic E-state index is 4.76. The fourth-order valence-corrected chi connectivity index (χ4v) is 2.89. The summed E-state index contributed by atoms with van der Waals surface area (Å²) in [6.07, 6.45) is 4.50. The summed E-state index contributed by atoms with van der Waals surface area (Å²) in [5, 5.41) is 3.50. The number of aromatic nitrogens is 2. The van der Waals surface area contributed by atoms with Gasteiger partial charge in [-0.2, -0.15) is 0 Å². The van der Waals surface area contributed by atoms with Crippen molar-refractivity contribution in [2.45, 2.75) is 72.5 Å². The van der Waals surface area contributed by atoms with Crippen molar-refractivity contribution in [3.8, 4) is 0 Å². The van der Waals surface area contributed by atoms with E-state index >= 15 is 0 Å². The molecule has 1 atom stereocenters. The van der Waals surface area contributed by atoms with E-state index < -0.39 is 0 Å². The molecule has 0 aliphatic carbocycles. The van der Waals surface area contributed by atoms with Gasteiger partial charge in [-0.15, -0.1) is 0 Å². The standard InChI is InChI=1S/C17H30N4/c1-12(2)15-8-7-9-21(15)16-18-10-14(13(3)20-16)11-19-17(4,5)6/h10,12,15,19H,7-9,11H2,1-6H3. The number of aryl methyl sites for hydroxylation is 1. The molecule has 1 saturated heterocycles. The maximum atomic E-state index is 4.76. The molecular formula is C17H30N4. The van der Waals surface area contributed by atoms with Crippen molar-refractivity contribution in [2.24, 2.45) is 5.92 Å². The maximum Gasteiger partial charge on any atom is 0.225 e. The van der Waals surface area contributed by atoms with Gasteiger partial charge in [0.25, 0.3) is 0 Å². The van der Waals surface area contributed by atoms with Crippen molar-refractivity contribution in [2.75, 3.05) is 11.4 Å². The van der Waals surface area contributed by atoms with Crippen molar-refractivity contribution < 1.29 is 0 Å². The summed E-state index contributed by atoms with van der Waals surface area (Å²) in [7, 11) is 0. The number of rotatable bonds is 4. The van der Waals surface area contributed by atoms with Crippen LogP contribution < -0.4 is 10.2 Å². The van der Waals surface area contributed by atoms with Crippen LogP contribution in [0.15, 0.2) is 6.20 Å². The number of hydrogen-bond acceptors (Lipinski definition) is 4. The van der Waals surface area contributed by atoms with Crippen LogP contribution in [0.4, 0.5) is 5.95 Å². The van der Waals surface area contributed by atoms with Crippen LogP contribution in [0, 0.1) is 12.8 Å². The molecule has 1 aliphatic rings. The van der Waals surface area contributed by atoms with E-state index in [0.717, 1.165) is 24.7 Å². The molecule has 1 aliphatic heterocycles. The third-order valence-corrected chi connectivity index (χ3v) is 4.20. The monoisotopic (exact) mass is 290 g/mol. The summed E-state index contributed by atoms with van der Waals surface area (Å²) in [6.45, 7) is 15.1. The first-order chi connectivity index (χ1) is 9.78. The molecule has 1 fully saturated rings. The van der Waals surface area contributed by atoms with Gasteiger partial charge < -0.3 is 10.2 Å². The Morgan fingerprint density at radius 3 is 2.67 bits per heavy atom. The number of nitrogens with one attached hydrogen (secondary N) is 1. The Morgan fingerprint density at radius 1 is 1.38 bits per heavy atom. The minimum absolute atomic E-state index is 0.114.